The second kappa shape index (κ2) is 3.83. The zero-order valence-electron chi connectivity index (χ0n) is 8.28. The Kier molecular flexibility index (Phi) is 2.73. The van der Waals surface area contributed by atoms with Crippen LogP contribution in [0.5, 0.6) is 0 Å². The SMILES string of the molecule is C=CCCCC1C(O)CC2CC1C2. The third kappa shape index (κ3) is 1.80. The molecule has 74 valence electrons. The van der Waals surface area contributed by atoms with Crippen molar-refractivity contribution in [2.24, 2.45) is 17.8 Å². The molecule has 1 heteroatoms. The van der Waals surface area contributed by atoms with Gasteiger partial charge in [-0.3, -0.25) is 0 Å². The van der Waals surface area contributed by atoms with Gasteiger partial charge in [-0.1, -0.05) is 6.08 Å². The summed E-state index contributed by atoms with van der Waals surface area (Å²) >= 11 is 0. The fourth-order valence-electron chi connectivity index (χ4n) is 3.09. The smallest absolute Gasteiger partial charge is 0.0573 e. The molecule has 2 atom stereocenters. The lowest BCUT2D eigenvalue weighted by molar-refractivity contribution is -0.0647. The van der Waals surface area contributed by atoms with E-state index in [1.54, 1.807) is 0 Å². The van der Waals surface area contributed by atoms with Gasteiger partial charge in [0.25, 0.3) is 0 Å². The van der Waals surface area contributed by atoms with Gasteiger partial charge in [-0.15, -0.1) is 6.58 Å². The summed E-state index contributed by atoms with van der Waals surface area (Å²) in [6, 6.07) is 0. The van der Waals surface area contributed by atoms with Gasteiger partial charge >= 0.3 is 0 Å². The number of allylic oxidation sites excluding steroid dienone is 1. The molecule has 3 rings (SSSR count). The highest BCUT2D eigenvalue weighted by molar-refractivity contribution is 4.95. The molecule has 0 heterocycles. The average molecular weight is 180 g/mol. The Morgan fingerprint density at radius 2 is 2.08 bits per heavy atom. The van der Waals surface area contributed by atoms with Gasteiger partial charge in [-0.05, 0) is 56.3 Å². The Labute approximate surface area is 80.8 Å². The van der Waals surface area contributed by atoms with E-state index in [4.69, 9.17) is 0 Å². The largest absolute Gasteiger partial charge is 0.393 e. The number of hydrogen-bond donors (Lipinski definition) is 1. The molecule has 0 aromatic heterocycles. The van der Waals surface area contributed by atoms with E-state index in [2.05, 4.69) is 6.58 Å². The summed E-state index contributed by atoms with van der Waals surface area (Å²) in [4.78, 5) is 0. The minimum Gasteiger partial charge on any atom is -0.393 e. The highest BCUT2D eigenvalue weighted by Gasteiger charge is 2.44. The lowest BCUT2D eigenvalue weighted by Crippen LogP contribution is -2.45. The molecule has 13 heavy (non-hydrogen) atoms. The van der Waals surface area contributed by atoms with Crippen LogP contribution in [0.15, 0.2) is 12.7 Å². The van der Waals surface area contributed by atoms with Gasteiger partial charge in [0.05, 0.1) is 6.10 Å². The molecular weight excluding hydrogens is 160 g/mol. The molecule has 2 bridgehead atoms. The first-order valence-corrected chi connectivity index (χ1v) is 5.60. The van der Waals surface area contributed by atoms with Crippen molar-refractivity contribution >= 4 is 0 Å². The number of hydrogen-bond acceptors (Lipinski definition) is 1. The maximum Gasteiger partial charge on any atom is 0.0573 e. The van der Waals surface area contributed by atoms with Crippen molar-refractivity contribution in [3.8, 4) is 0 Å². The van der Waals surface area contributed by atoms with Crippen LogP contribution in [0, 0.1) is 17.8 Å². The van der Waals surface area contributed by atoms with Crippen LogP contribution in [0.4, 0.5) is 0 Å². The Hall–Kier alpha value is -0.300. The second-order valence-electron chi connectivity index (χ2n) is 4.78. The van der Waals surface area contributed by atoms with Gasteiger partial charge in [0.2, 0.25) is 0 Å². The average Bonchev–Trinajstić information content (AvgIpc) is 2.05. The van der Waals surface area contributed by atoms with Gasteiger partial charge in [-0.25, -0.2) is 0 Å². The van der Waals surface area contributed by atoms with Gasteiger partial charge < -0.3 is 5.11 Å². The van der Waals surface area contributed by atoms with Gasteiger partial charge in [0.1, 0.15) is 0 Å². The number of unbranched alkanes of at least 4 members (excludes halogenated alkanes) is 1. The fourth-order valence-corrected chi connectivity index (χ4v) is 3.09. The lowest BCUT2D eigenvalue weighted by atomic mass is 9.58. The molecule has 0 aliphatic heterocycles. The molecule has 3 aliphatic carbocycles. The van der Waals surface area contributed by atoms with E-state index < -0.39 is 0 Å². The standard InChI is InChI=1S/C12H20O/c1-2-3-4-5-11-10-6-9(7-10)8-12(11)13/h2,9-13H,1,3-8H2. The Balaban J connectivity index is 1.78. The lowest BCUT2D eigenvalue weighted by Gasteiger charge is -2.49. The third-order valence-corrected chi connectivity index (χ3v) is 3.89. The molecule has 1 nitrogen and oxygen atoms in total. The van der Waals surface area contributed by atoms with Crippen molar-refractivity contribution in [2.75, 3.05) is 0 Å². The van der Waals surface area contributed by atoms with Crippen molar-refractivity contribution < 1.29 is 5.11 Å². The number of aliphatic hydroxyl groups is 1. The molecule has 1 N–H and O–H groups in total. The summed E-state index contributed by atoms with van der Waals surface area (Å²) in [6.45, 7) is 3.73. The summed E-state index contributed by atoms with van der Waals surface area (Å²) in [5.74, 6) is 2.35. The molecule has 0 aromatic carbocycles. The summed E-state index contributed by atoms with van der Waals surface area (Å²) in [5, 5.41) is 9.84. The highest BCUT2D eigenvalue weighted by Crippen LogP contribution is 2.50. The second-order valence-corrected chi connectivity index (χ2v) is 4.78. The summed E-state index contributed by atoms with van der Waals surface area (Å²) in [7, 11) is 0. The Morgan fingerprint density at radius 3 is 2.69 bits per heavy atom. The van der Waals surface area contributed by atoms with Crippen LogP contribution < -0.4 is 0 Å². The summed E-state index contributed by atoms with van der Waals surface area (Å²) in [5.41, 5.74) is 0. The molecule has 3 saturated carbocycles. The zero-order valence-corrected chi connectivity index (χ0v) is 8.28. The number of fused-ring (bicyclic) bond motifs is 2. The van der Waals surface area contributed by atoms with Crippen LogP contribution in [-0.2, 0) is 0 Å². The molecule has 0 aromatic rings. The predicted octanol–water partition coefficient (Wildman–Crippen LogP) is 2.75. The molecule has 0 saturated heterocycles. The van der Waals surface area contributed by atoms with Gasteiger partial charge in [0, 0.05) is 0 Å². The quantitative estimate of drug-likeness (QED) is 0.521. The fraction of sp³-hybridized carbons (Fsp3) is 0.833. The normalized spacial score (nSPS) is 42.5. The Morgan fingerprint density at radius 1 is 1.31 bits per heavy atom. The minimum atomic E-state index is 0.0160. The van der Waals surface area contributed by atoms with Gasteiger partial charge in [-0.2, -0.15) is 0 Å². The minimum absolute atomic E-state index is 0.0160. The van der Waals surface area contributed by atoms with Crippen LogP contribution >= 0.6 is 0 Å². The van der Waals surface area contributed by atoms with E-state index in [9.17, 15) is 5.11 Å². The predicted molar refractivity (Wildman–Crippen MR) is 54.4 cm³/mol. The Bertz CT molecular complexity index is 180. The van der Waals surface area contributed by atoms with Crippen molar-refractivity contribution in [2.45, 2.75) is 44.6 Å². The molecule has 3 fully saturated rings. The van der Waals surface area contributed by atoms with E-state index in [1.807, 2.05) is 6.08 Å². The first-order chi connectivity index (χ1) is 6.31. The van der Waals surface area contributed by atoms with E-state index in [0.717, 1.165) is 24.7 Å². The maximum atomic E-state index is 9.84. The van der Waals surface area contributed by atoms with Crippen molar-refractivity contribution in [1.29, 1.82) is 0 Å². The van der Waals surface area contributed by atoms with Crippen LogP contribution in [0.25, 0.3) is 0 Å². The van der Waals surface area contributed by atoms with Crippen LogP contribution in [0.2, 0.25) is 0 Å². The molecule has 0 amide bonds. The molecule has 0 spiro atoms. The van der Waals surface area contributed by atoms with Gasteiger partial charge in [0.15, 0.2) is 0 Å². The molecular formula is C12H20O. The van der Waals surface area contributed by atoms with Crippen LogP contribution in [0.3, 0.4) is 0 Å². The van der Waals surface area contributed by atoms with Crippen molar-refractivity contribution in [3.05, 3.63) is 12.7 Å². The first kappa shape index (κ1) is 9.26. The molecule has 0 radical (unpaired) electrons. The van der Waals surface area contributed by atoms with Crippen molar-refractivity contribution in [3.63, 3.8) is 0 Å². The van der Waals surface area contributed by atoms with E-state index >= 15 is 0 Å². The molecule has 3 aliphatic rings. The molecule has 2 unspecified atom stereocenters. The third-order valence-electron chi connectivity index (χ3n) is 3.89. The number of rotatable bonds is 4. The van der Waals surface area contributed by atoms with E-state index in [0.29, 0.717) is 5.92 Å². The summed E-state index contributed by atoms with van der Waals surface area (Å²) < 4.78 is 0. The summed E-state index contributed by atoms with van der Waals surface area (Å²) in [6.07, 6.45) is 9.41. The monoisotopic (exact) mass is 180 g/mol. The maximum absolute atomic E-state index is 9.84. The number of aliphatic hydroxyl groups excluding tert-OH is 1. The first-order valence-electron chi connectivity index (χ1n) is 5.60. The van der Waals surface area contributed by atoms with Crippen LogP contribution in [0.1, 0.15) is 38.5 Å². The van der Waals surface area contributed by atoms with E-state index in [-0.39, 0.29) is 6.10 Å². The van der Waals surface area contributed by atoms with Crippen LogP contribution in [-0.4, -0.2) is 11.2 Å². The highest BCUT2D eigenvalue weighted by atomic mass is 16.3. The topological polar surface area (TPSA) is 20.2 Å². The van der Waals surface area contributed by atoms with Crippen molar-refractivity contribution in [1.82, 2.24) is 0 Å². The zero-order chi connectivity index (χ0) is 9.26. The van der Waals surface area contributed by atoms with E-state index in [1.165, 1.54) is 25.7 Å².